The zero-order valence-corrected chi connectivity index (χ0v) is 14.0. The van der Waals surface area contributed by atoms with Gasteiger partial charge >= 0.3 is 0 Å². The summed E-state index contributed by atoms with van der Waals surface area (Å²) in [7, 11) is 0. The second-order valence-electron chi connectivity index (χ2n) is 6.09. The van der Waals surface area contributed by atoms with E-state index in [9.17, 15) is 0 Å². The van der Waals surface area contributed by atoms with E-state index in [-0.39, 0.29) is 0 Å². The van der Waals surface area contributed by atoms with E-state index in [0.717, 1.165) is 10.4 Å². The van der Waals surface area contributed by atoms with Gasteiger partial charge in [-0.1, -0.05) is 60.1 Å². The average molecular weight is 317 g/mol. The summed E-state index contributed by atoms with van der Waals surface area (Å²) in [5, 5.41) is 5.60. The first-order valence-corrected chi connectivity index (χ1v) is 8.20. The highest BCUT2D eigenvalue weighted by Crippen LogP contribution is 2.35. The molecule has 0 spiro atoms. The SMILES string of the molecule is Cc1cccc(-c2cccc3cc4cccc(Cl)c4cc23)c1C. The van der Waals surface area contributed by atoms with Crippen molar-refractivity contribution in [2.45, 2.75) is 13.8 Å². The molecule has 0 N–H and O–H groups in total. The van der Waals surface area contributed by atoms with Crippen LogP contribution in [0.1, 0.15) is 11.1 Å². The first kappa shape index (κ1) is 14.3. The fourth-order valence-corrected chi connectivity index (χ4v) is 3.53. The smallest absolute Gasteiger partial charge is 0.0484 e. The molecule has 0 aliphatic carbocycles. The molecule has 0 amide bonds. The van der Waals surface area contributed by atoms with Crippen LogP contribution in [0, 0.1) is 13.8 Å². The summed E-state index contributed by atoms with van der Waals surface area (Å²) in [5.74, 6) is 0. The second kappa shape index (κ2) is 5.40. The maximum absolute atomic E-state index is 6.41. The predicted molar refractivity (Wildman–Crippen MR) is 101 cm³/mol. The Kier molecular flexibility index (Phi) is 3.36. The van der Waals surface area contributed by atoms with Gasteiger partial charge in [0.15, 0.2) is 0 Å². The first-order chi connectivity index (χ1) is 11.1. The lowest BCUT2D eigenvalue weighted by Crippen LogP contribution is -1.89. The van der Waals surface area contributed by atoms with Gasteiger partial charge in [0.25, 0.3) is 0 Å². The number of fused-ring (bicyclic) bond motifs is 2. The van der Waals surface area contributed by atoms with Crippen LogP contribution in [0.2, 0.25) is 5.02 Å². The van der Waals surface area contributed by atoms with Crippen LogP contribution in [0.25, 0.3) is 32.7 Å². The summed E-state index contributed by atoms with van der Waals surface area (Å²) in [5.41, 5.74) is 5.21. The van der Waals surface area contributed by atoms with Crippen molar-refractivity contribution in [1.82, 2.24) is 0 Å². The molecule has 4 aromatic carbocycles. The molecule has 4 rings (SSSR count). The molecule has 0 radical (unpaired) electrons. The van der Waals surface area contributed by atoms with Crippen molar-refractivity contribution < 1.29 is 0 Å². The molecule has 0 heterocycles. The summed E-state index contributed by atoms with van der Waals surface area (Å²) in [6.45, 7) is 4.35. The first-order valence-electron chi connectivity index (χ1n) is 7.83. The Balaban J connectivity index is 2.11. The summed E-state index contributed by atoms with van der Waals surface area (Å²) in [6, 6.07) is 23.5. The summed E-state index contributed by atoms with van der Waals surface area (Å²) < 4.78 is 0. The fraction of sp³-hybridized carbons (Fsp3) is 0.0909. The normalized spacial score (nSPS) is 11.3. The largest absolute Gasteiger partial charge is 0.0837 e. The standard InChI is InChI=1S/C22H17Cl/c1-14-6-3-9-18(15(14)2)19-10-4-7-16-12-17-8-5-11-22(23)21(17)13-20(16)19/h3-13H,1-2H3. The number of rotatable bonds is 1. The maximum Gasteiger partial charge on any atom is 0.0484 e. The van der Waals surface area contributed by atoms with E-state index in [2.05, 4.69) is 68.4 Å². The number of benzene rings is 4. The van der Waals surface area contributed by atoms with Crippen LogP contribution in [0.3, 0.4) is 0 Å². The average Bonchev–Trinajstić information content (AvgIpc) is 2.56. The third-order valence-electron chi connectivity index (χ3n) is 4.72. The molecule has 0 fully saturated rings. The molecule has 4 aromatic rings. The van der Waals surface area contributed by atoms with Crippen LogP contribution in [0.15, 0.2) is 66.7 Å². The molecule has 0 saturated heterocycles. The Hall–Kier alpha value is -2.31. The van der Waals surface area contributed by atoms with Crippen LogP contribution in [0.5, 0.6) is 0 Å². The Bertz CT molecular complexity index is 1040. The highest BCUT2D eigenvalue weighted by Gasteiger charge is 2.09. The molecule has 0 aliphatic rings. The van der Waals surface area contributed by atoms with E-state index in [1.807, 2.05) is 12.1 Å². The van der Waals surface area contributed by atoms with Gasteiger partial charge in [-0.25, -0.2) is 0 Å². The minimum absolute atomic E-state index is 0.806. The zero-order valence-electron chi connectivity index (χ0n) is 13.2. The maximum atomic E-state index is 6.41. The molecule has 0 unspecified atom stereocenters. The van der Waals surface area contributed by atoms with E-state index in [1.54, 1.807) is 0 Å². The summed E-state index contributed by atoms with van der Waals surface area (Å²) in [6.07, 6.45) is 0. The van der Waals surface area contributed by atoms with E-state index >= 15 is 0 Å². The van der Waals surface area contributed by atoms with Gasteiger partial charge in [-0.05, 0) is 70.5 Å². The molecule has 0 aromatic heterocycles. The third kappa shape index (κ3) is 2.31. The Morgan fingerprint density at radius 2 is 1.30 bits per heavy atom. The van der Waals surface area contributed by atoms with Crippen molar-refractivity contribution in [2.24, 2.45) is 0 Å². The third-order valence-corrected chi connectivity index (χ3v) is 5.05. The van der Waals surface area contributed by atoms with E-state index in [4.69, 9.17) is 11.6 Å². The molecule has 0 saturated carbocycles. The molecule has 0 nitrogen and oxygen atoms in total. The lowest BCUT2D eigenvalue weighted by Gasteiger charge is -2.13. The van der Waals surface area contributed by atoms with Gasteiger partial charge in [0.2, 0.25) is 0 Å². The van der Waals surface area contributed by atoms with Crippen LogP contribution >= 0.6 is 11.6 Å². The van der Waals surface area contributed by atoms with Crippen molar-refractivity contribution in [1.29, 1.82) is 0 Å². The summed E-state index contributed by atoms with van der Waals surface area (Å²) >= 11 is 6.41. The number of halogens is 1. The highest BCUT2D eigenvalue weighted by atomic mass is 35.5. The molecule has 0 aliphatic heterocycles. The highest BCUT2D eigenvalue weighted by molar-refractivity contribution is 6.36. The van der Waals surface area contributed by atoms with Gasteiger partial charge in [0, 0.05) is 10.4 Å². The number of hydrogen-bond acceptors (Lipinski definition) is 0. The van der Waals surface area contributed by atoms with Crippen LogP contribution < -0.4 is 0 Å². The van der Waals surface area contributed by atoms with Crippen LogP contribution in [-0.4, -0.2) is 0 Å². The lowest BCUT2D eigenvalue weighted by molar-refractivity contribution is 1.34. The van der Waals surface area contributed by atoms with Crippen molar-refractivity contribution in [3.63, 3.8) is 0 Å². The molecule has 1 heteroatoms. The minimum Gasteiger partial charge on any atom is -0.0837 e. The van der Waals surface area contributed by atoms with Crippen molar-refractivity contribution >= 4 is 33.1 Å². The van der Waals surface area contributed by atoms with Crippen molar-refractivity contribution in [2.75, 3.05) is 0 Å². The van der Waals surface area contributed by atoms with Gasteiger partial charge in [-0.2, -0.15) is 0 Å². The predicted octanol–water partition coefficient (Wildman–Crippen LogP) is 6.93. The van der Waals surface area contributed by atoms with Crippen LogP contribution in [-0.2, 0) is 0 Å². The Morgan fingerprint density at radius 3 is 2.13 bits per heavy atom. The quantitative estimate of drug-likeness (QED) is 0.334. The molecular formula is C22H17Cl. The molecular weight excluding hydrogens is 300 g/mol. The minimum atomic E-state index is 0.806. The van der Waals surface area contributed by atoms with Gasteiger partial charge in [0.05, 0.1) is 0 Å². The second-order valence-corrected chi connectivity index (χ2v) is 6.49. The van der Waals surface area contributed by atoms with Gasteiger partial charge in [-0.15, -0.1) is 0 Å². The molecule has 0 atom stereocenters. The molecule has 0 bridgehead atoms. The van der Waals surface area contributed by atoms with Crippen molar-refractivity contribution in [3.8, 4) is 11.1 Å². The lowest BCUT2D eigenvalue weighted by atomic mass is 9.92. The summed E-state index contributed by atoms with van der Waals surface area (Å²) in [4.78, 5) is 0. The topological polar surface area (TPSA) is 0 Å². The number of hydrogen-bond donors (Lipinski definition) is 0. The fourth-order valence-electron chi connectivity index (χ4n) is 3.29. The van der Waals surface area contributed by atoms with E-state index < -0.39 is 0 Å². The number of aryl methyl sites for hydroxylation is 1. The Morgan fingerprint density at radius 1 is 0.652 bits per heavy atom. The van der Waals surface area contributed by atoms with Crippen LogP contribution in [0.4, 0.5) is 0 Å². The van der Waals surface area contributed by atoms with E-state index in [1.165, 1.54) is 38.4 Å². The monoisotopic (exact) mass is 316 g/mol. The van der Waals surface area contributed by atoms with Gasteiger partial charge < -0.3 is 0 Å². The molecule has 23 heavy (non-hydrogen) atoms. The zero-order chi connectivity index (χ0) is 16.0. The van der Waals surface area contributed by atoms with Crippen molar-refractivity contribution in [3.05, 3.63) is 82.9 Å². The molecule has 112 valence electrons. The van der Waals surface area contributed by atoms with Gasteiger partial charge in [-0.3, -0.25) is 0 Å². The van der Waals surface area contributed by atoms with E-state index in [0.29, 0.717) is 0 Å². The Labute approximate surface area is 141 Å². The van der Waals surface area contributed by atoms with Gasteiger partial charge in [0.1, 0.15) is 0 Å².